The van der Waals surface area contributed by atoms with E-state index in [2.05, 4.69) is 40.1 Å². The summed E-state index contributed by atoms with van der Waals surface area (Å²) in [5.41, 5.74) is 2.55. The molecule has 1 saturated heterocycles. The third-order valence-corrected chi connectivity index (χ3v) is 6.23. The molecule has 0 unspecified atom stereocenters. The molecule has 0 bridgehead atoms. The second kappa shape index (κ2) is 9.57. The lowest BCUT2D eigenvalue weighted by Gasteiger charge is -2.35. The van der Waals surface area contributed by atoms with Crippen molar-refractivity contribution in [1.82, 2.24) is 34.8 Å². The Kier molecular flexibility index (Phi) is 6.19. The number of carboxylic acids is 1. The Hall–Kier alpha value is -3.83. The van der Waals surface area contributed by atoms with E-state index in [0.29, 0.717) is 55.0 Å². The number of hydrogen-bond acceptors (Lipinski definition) is 10. The number of carbonyl (C=O) groups is 1. The summed E-state index contributed by atoms with van der Waals surface area (Å²) < 4.78 is 0. The van der Waals surface area contributed by atoms with E-state index in [4.69, 9.17) is 5.11 Å². The first-order valence-corrected chi connectivity index (χ1v) is 11.6. The number of aryl methyl sites for hydroxylation is 1. The molecule has 11 heteroatoms. The Labute approximate surface area is 199 Å². The Morgan fingerprint density at radius 1 is 1.09 bits per heavy atom. The smallest absolute Gasteiger partial charge is 0.309 e. The van der Waals surface area contributed by atoms with Gasteiger partial charge in [0.1, 0.15) is 28.2 Å². The minimum absolute atomic E-state index is 0.263. The maximum absolute atomic E-state index is 11.0. The van der Waals surface area contributed by atoms with Gasteiger partial charge < -0.3 is 10.4 Å². The van der Waals surface area contributed by atoms with Crippen molar-refractivity contribution in [1.29, 1.82) is 0 Å². The SMILES string of the molecule is Cc1cccc(-c2nccc(Nc3ccnc(Cc4nc(CN5CC(C(=O)O)C5)cs4)n3)n2)n1. The third-order valence-electron chi connectivity index (χ3n) is 5.34. The van der Waals surface area contributed by atoms with Crippen LogP contribution in [-0.4, -0.2) is 59.0 Å². The standard InChI is InChI=1S/C23H22N8O2S/c1-14-3-2-4-17(26-14)22-25-8-6-19(30-22)28-18-5-7-24-20(29-18)9-21-27-16(13-34-21)12-31-10-15(11-31)23(32)33/h2-8,13,15H,9-12H2,1H3,(H,32,33)(H,24,25,28,29,30). The molecule has 5 heterocycles. The molecule has 0 aromatic carbocycles. The van der Waals surface area contributed by atoms with Crippen LogP contribution in [0.3, 0.4) is 0 Å². The fraction of sp³-hybridized carbons (Fsp3) is 0.261. The minimum Gasteiger partial charge on any atom is -0.481 e. The number of anilines is 2. The maximum atomic E-state index is 11.0. The molecule has 1 fully saturated rings. The van der Waals surface area contributed by atoms with Gasteiger partial charge in [0.25, 0.3) is 0 Å². The van der Waals surface area contributed by atoms with E-state index in [1.807, 2.05) is 30.5 Å². The van der Waals surface area contributed by atoms with Gasteiger partial charge in [0.05, 0.1) is 18.0 Å². The lowest BCUT2D eigenvalue weighted by Crippen LogP contribution is -2.49. The van der Waals surface area contributed by atoms with Crippen molar-refractivity contribution >= 4 is 28.9 Å². The Morgan fingerprint density at radius 2 is 1.88 bits per heavy atom. The number of carboxylic acid groups (broad SMARTS) is 1. The molecular formula is C23H22N8O2S. The van der Waals surface area contributed by atoms with Crippen LogP contribution in [0.5, 0.6) is 0 Å². The predicted octanol–water partition coefficient (Wildman–Crippen LogP) is 2.94. The van der Waals surface area contributed by atoms with Crippen molar-refractivity contribution < 1.29 is 9.90 Å². The lowest BCUT2D eigenvalue weighted by atomic mass is 10.0. The van der Waals surface area contributed by atoms with E-state index in [1.54, 1.807) is 35.9 Å². The van der Waals surface area contributed by atoms with E-state index in [-0.39, 0.29) is 5.92 Å². The molecule has 0 atom stereocenters. The molecule has 4 aromatic heterocycles. The van der Waals surface area contributed by atoms with Crippen molar-refractivity contribution in [3.05, 3.63) is 70.3 Å². The molecule has 1 aliphatic heterocycles. The monoisotopic (exact) mass is 474 g/mol. The van der Waals surface area contributed by atoms with Crippen molar-refractivity contribution in [3.63, 3.8) is 0 Å². The summed E-state index contributed by atoms with van der Waals surface area (Å²) in [4.78, 5) is 40.0. The number of nitrogens with one attached hydrogen (secondary N) is 1. The zero-order valence-corrected chi connectivity index (χ0v) is 19.2. The largest absolute Gasteiger partial charge is 0.481 e. The van der Waals surface area contributed by atoms with Crippen LogP contribution in [-0.2, 0) is 17.8 Å². The highest BCUT2D eigenvalue weighted by Gasteiger charge is 2.32. The van der Waals surface area contributed by atoms with Crippen LogP contribution in [0.25, 0.3) is 11.5 Å². The van der Waals surface area contributed by atoms with E-state index >= 15 is 0 Å². The van der Waals surface area contributed by atoms with Crippen molar-refractivity contribution in [3.8, 4) is 11.5 Å². The Morgan fingerprint density at radius 3 is 2.68 bits per heavy atom. The lowest BCUT2D eigenvalue weighted by molar-refractivity contribution is -0.147. The number of aromatic nitrogens is 6. The summed E-state index contributed by atoms with van der Waals surface area (Å²) in [6.45, 7) is 3.74. The van der Waals surface area contributed by atoms with E-state index in [0.717, 1.165) is 16.4 Å². The van der Waals surface area contributed by atoms with Crippen LogP contribution in [0, 0.1) is 12.8 Å². The number of likely N-dealkylation sites (tertiary alicyclic amines) is 1. The van der Waals surface area contributed by atoms with Gasteiger partial charge in [0.2, 0.25) is 0 Å². The first-order chi connectivity index (χ1) is 16.5. The summed E-state index contributed by atoms with van der Waals surface area (Å²) in [7, 11) is 0. The number of nitrogens with zero attached hydrogens (tertiary/aromatic N) is 7. The van der Waals surface area contributed by atoms with Gasteiger partial charge in [0, 0.05) is 43.1 Å². The molecule has 5 rings (SSSR count). The minimum atomic E-state index is -0.731. The first kappa shape index (κ1) is 22.0. The van der Waals surface area contributed by atoms with Gasteiger partial charge in [-0.05, 0) is 31.2 Å². The molecule has 172 valence electrons. The van der Waals surface area contributed by atoms with Crippen molar-refractivity contribution in [2.24, 2.45) is 5.92 Å². The quantitative estimate of drug-likeness (QED) is 0.393. The average molecular weight is 475 g/mol. The molecule has 0 radical (unpaired) electrons. The van der Waals surface area contributed by atoms with Crippen LogP contribution in [0.4, 0.5) is 11.6 Å². The van der Waals surface area contributed by atoms with Gasteiger partial charge in [-0.2, -0.15) is 0 Å². The second-order valence-corrected chi connectivity index (χ2v) is 8.99. The van der Waals surface area contributed by atoms with Crippen molar-refractivity contribution in [2.45, 2.75) is 19.9 Å². The van der Waals surface area contributed by atoms with Gasteiger partial charge >= 0.3 is 5.97 Å². The van der Waals surface area contributed by atoms with Gasteiger partial charge in [-0.25, -0.2) is 29.9 Å². The van der Waals surface area contributed by atoms with Crippen LogP contribution in [0.1, 0.15) is 22.2 Å². The number of hydrogen-bond donors (Lipinski definition) is 2. The van der Waals surface area contributed by atoms with Crippen LogP contribution in [0.2, 0.25) is 0 Å². The third kappa shape index (κ3) is 5.21. The highest BCUT2D eigenvalue weighted by molar-refractivity contribution is 7.09. The molecule has 10 nitrogen and oxygen atoms in total. The van der Waals surface area contributed by atoms with E-state index in [9.17, 15) is 4.79 Å². The number of aliphatic carboxylic acids is 1. The molecule has 0 amide bonds. The van der Waals surface area contributed by atoms with Gasteiger partial charge in [-0.3, -0.25) is 9.69 Å². The number of thiazole rings is 1. The molecule has 2 N–H and O–H groups in total. The van der Waals surface area contributed by atoms with E-state index < -0.39 is 5.97 Å². The summed E-state index contributed by atoms with van der Waals surface area (Å²) in [6.07, 6.45) is 3.90. The van der Waals surface area contributed by atoms with Gasteiger partial charge in [0.15, 0.2) is 5.82 Å². The van der Waals surface area contributed by atoms with Crippen LogP contribution < -0.4 is 5.32 Å². The summed E-state index contributed by atoms with van der Waals surface area (Å²) in [6, 6.07) is 9.30. The molecule has 4 aromatic rings. The normalized spacial score (nSPS) is 14.0. The summed E-state index contributed by atoms with van der Waals surface area (Å²) >= 11 is 1.56. The Balaban J connectivity index is 1.22. The number of rotatable bonds is 8. The second-order valence-electron chi connectivity index (χ2n) is 8.05. The van der Waals surface area contributed by atoms with Gasteiger partial charge in [-0.15, -0.1) is 11.3 Å². The zero-order valence-electron chi connectivity index (χ0n) is 18.4. The topological polar surface area (TPSA) is 130 Å². The van der Waals surface area contributed by atoms with Crippen LogP contribution in [0.15, 0.2) is 48.1 Å². The molecule has 0 spiro atoms. The predicted molar refractivity (Wildman–Crippen MR) is 127 cm³/mol. The molecule has 34 heavy (non-hydrogen) atoms. The maximum Gasteiger partial charge on any atom is 0.309 e. The first-order valence-electron chi connectivity index (χ1n) is 10.8. The van der Waals surface area contributed by atoms with E-state index in [1.165, 1.54) is 0 Å². The molecule has 1 aliphatic rings. The average Bonchev–Trinajstić information content (AvgIpc) is 3.23. The molecular weight excluding hydrogens is 452 g/mol. The molecule has 0 saturated carbocycles. The van der Waals surface area contributed by atoms with Gasteiger partial charge in [-0.1, -0.05) is 6.07 Å². The fourth-order valence-electron chi connectivity index (χ4n) is 3.63. The summed E-state index contributed by atoms with van der Waals surface area (Å²) in [5, 5.41) is 15.1. The Bertz CT molecular complexity index is 1320. The molecule has 0 aliphatic carbocycles. The zero-order chi connectivity index (χ0) is 23.5. The van der Waals surface area contributed by atoms with Crippen molar-refractivity contribution in [2.75, 3.05) is 18.4 Å². The highest BCUT2D eigenvalue weighted by atomic mass is 32.1. The highest BCUT2D eigenvalue weighted by Crippen LogP contribution is 2.21. The fourth-order valence-corrected chi connectivity index (χ4v) is 4.41. The summed E-state index contributed by atoms with van der Waals surface area (Å²) in [5.74, 6) is 1.44. The van der Waals surface area contributed by atoms with Crippen LogP contribution >= 0.6 is 11.3 Å². The number of pyridine rings is 1.